The molecule has 0 aliphatic rings. The molecule has 0 atom stereocenters. The fourth-order valence-electron chi connectivity index (χ4n) is 2.37. The Bertz CT molecular complexity index is 689. The Kier molecular flexibility index (Phi) is 5.31. The number of carbonyl (C=O) groups excluding carboxylic acids is 1. The van der Waals surface area contributed by atoms with Crippen molar-refractivity contribution in [3.63, 3.8) is 0 Å². The number of Topliss-reactive ketones (excluding diaryl/α,β-unsaturated/α-hetero) is 1. The number of aromatic nitrogens is 1. The molecular formula is C18H21NO3S. The van der Waals surface area contributed by atoms with E-state index in [1.165, 1.54) is 22.7 Å². The predicted octanol–water partition coefficient (Wildman–Crippen LogP) is 4.51. The average Bonchev–Trinajstić information content (AvgIpc) is 2.93. The topological polar surface area (TPSA) is 67.3 Å². The molecule has 0 amide bonds. The second-order valence-electron chi connectivity index (χ2n) is 6.18. The summed E-state index contributed by atoms with van der Waals surface area (Å²) in [4.78, 5) is 29.4. The van der Waals surface area contributed by atoms with Gasteiger partial charge in [0.25, 0.3) is 0 Å². The van der Waals surface area contributed by atoms with Crippen molar-refractivity contribution in [3.8, 4) is 0 Å². The molecule has 5 heteroatoms. The van der Waals surface area contributed by atoms with Gasteiger partial charge in [-0.2, -0.15) is 0 Å². The molecule has 23 heavy (non-hydrogen) atoms. The van der Waals surface area contributed by atoms with Crippen molar-refractivity contribution in [1.82, 2.24) is 4.98 Å². The number of nitrogens with zero attached hydrogens (tertiary/aromatic N) is 1. The SMILES string of the molecule is CC(C)c1cc(C(=O)Cc2ccc(C(=O)O)cn2)sc1C(C)C. The summed E-state index contributed by atoms with van der Waals surface area (Å²) in [5, 5.41) is 8.87. The van der Waals surface area contributed by atoms with E-state index < -0.39 is 5.97 Å². The first-order valence-corrected chi connectivity index (χ1v) is 8.46. The number of carbonyl (C=O) groups is 2. The molecule has 0 saturated carbocycles. The lowest BCUT2D eigenvalue weighted by atomic mass is 9.98. The summed E-state index contributed by atoms with van der Waals surface area (Å²) in [6.45, 7) is 8.54. The Labute approximate surface area is 140 Å². The Morgan fingerprint density at radius 3 is 2.30 bits per heavy atom. The van der Waals surface area contributed by atoms with E-state index in [0.29, 0.717) is 17.5 Å². The van der Waals surface area contributed by atoms with Gasteiger partial charge in [0.05, 0.1) is 16.9 Å². The van der Waals surface area contributed by atoms with Crippen LogP contribution in [0.25, 0.3) is 0 Å². The van der Waals surface area contributed by atoms with Crippen LogP contribution >= 0.6 is 11.3 Å². The van der Waals surface area contributed by atoms with Crippen molar-refractivity contribution in [2.75, 3.05) is 0 Å². The second-order valence-corrected chi connectivity index (χ2v) is 7.27. The Morgan fingerprint density at radius 1 is 1.17 bits per heavy atom. The number of hydrogen-bond donors (Lipinski definition) is 1. The number of carboxylic acids is 1. The fourth-order valence-corrected chi connectivity index (χ4v) is 3.62. The molecule has 122 valence electrons. The number of rotatable bonds is 6. The van der Waals surface area contributed by atoms with Gasteiger partial charge in [-0.15, -0.1) is 11.3 Å². The Hall–Kier alpha value is -2.01. The minimum absolute atomic E-state index is 0.0272. The summed E-state index contributed by atoms with van der Waals surface area (Å²) in [5.41, 5.74) is 1.95. The predicted molar refractivity (Wildman–Crippen MR) is 91.7 cm³/mol. The summed E-state index contributed by atoms with van der Waals surface area (Å²) >= 11 is 1.56. The van der Waals surface area contributed by atoms with Gasteiger partial charge in [-0.05, 0) is 35.6 Å². The van der Waals surface area contributed by atoms with Crippen LogP contribution in [0.2, 0.25) is 0 Å². The first-order valence-electron chi connectivity index (χ1n) is 7.64. The zero-order valence-corrected chi connectivity index (χ0v) is 14.6. The van der Waals surface area contributed by atoms with E-state index in [0.717, 1.165) is 4.88 Å². The largest absolute Gasteiger partial charge is 0.478 e. The summed E-state index contributed by atoms with van der Waals surface area (Å²) < 4.78 is 0. The lowest BCUT2D eigenvalue weighted by Crippen LogP contribution is -2.05. The van der Waals surface area contributed by atoms with Crippen molar-refractivity contribution in [2.24, 2.45) is 0 Å². The molecule has 0 spiro atoms. The first-order chi connectivity index (χ1) is 10.8. The highest BCUT2D eigenvalue weighted by molar-refractivity contribution is 7.14. The summed E-state index contributed by atoms with van der Waals surface area (Å²) in [6, 6.07) is 5.08. The molecule has 4 nitrogen and oxygen atoms in total. The summed E-state index contributed by atoms with van der Waals surface area (Å²) in [6.07, 6.45) is 1.48. The number of ketones is 1. The number of aromatic carboxylic acids is 1. The van der Waals surface area contributed by atoms with Crippen LogP contribution in [0.3, 0.4) is 0 Å². The standard InChI is InChI=1S/C18H21NO3S/c1-10(2)14-8-16(23-17(14)11(3)4)15(20)7-13-6-5-12(9-19-13)18(21)22/h5-6,8-11H,7H2,1-4H3,(H,21,22). The van der Waals surface area contributed by atoms with Gasteiger partial charge in [0.15, 0.2) is 5.78 Å². The molecule has 2 aromatic rings. The Morgan fingerprint density at radius 2 is 1.87 bits per heavy atom. The molecule has 0 radical (unpaired) electrons. The fraction of sp³-hybridized carbons (Fsp3) is 0.389. The molecule has 0 unspecified atom stereocenters. The molecule has 2 heterocycles. The van der Waals surface area contributed by atoms with Crippen molar-refractivity contribution in [3.05, 3.63) is 51.0 Å². The second kappa shape index (κ2) is 7.04. The molecule has 2 aromatic heterocycles. The molecule has 2 rings (SSSR count). The third-order valence-corrected chi connectivity index (χ3v) is 5.12. The van der Waals surface area contributed by atoms with E-state index in [4.69, 9.17) is 5.11 Å². The van der Waals surface area contributed by atoms with Crippen LogP contribution in [-0.2, 0) is 6.42 Å². The number of thiophene rings is 1. The summed E-state index contributed by atoms with van der Waals surface area (Å²) in [7, 11) is 0. The first kappa shape index (κ1) is 17.3. The third-order valence-electron chi connectivity index (χ3n) is 3.63. The molecule has 0 fully saturated rings. The van der Waals surface area contributed by atoms with Gasteiger partial charge < -0.3 is 5.11 Å². The van der Waals surface area contributed by atoms with E-state index in [2.05, 4.69) is 32.7 Å². The van der Waals surface area contributed by atoms with Gasteiger partial charge in [0, 0.05) is 16.8 Å². The molecular weight excluding hydrogens is 310 g/mol. The smallest absolute Gasteiger partial charge is 0.337 e. The number of pyridine rings is 1. The van der Waals surface area contributed by atoms with Crippen molar-refractivity contribution >= 4 is 23.1 Å². The van der Waals surface area contributed by atoms with E-state index in [1.807, 2.05) is 6.07 Å². The highest BCUT2D eigenvalue weighted by Crippen LogP contribution is 2.34. The molecule has 0 aliphatic carbocycles. The van der Waals surface area contributed by atoms with E-state index >= 15 is 0 Å². The van der Waals surface area contributed by atoms with Crippen LogP contribution < -0.4 is 0 Å². The van der Waals surface area contributed by atoms with E-state index in [9.17, 15) is 9.59 Å². The summed E-state index contributed by atoms with van der Waals surface area (Å²) in [5.74, 6) is -0.207. The highest BCUT2D eigenvalue weighted by atomic mass is 32.1. The number of hydrogen-bond acceptors (Lipinski definition) is 4. The monoisotopic (exact) mass is 331 g/mol. The molecule has 0 bridgehead atoms. The van der Waals surface area contributed by atoms with Crippen LogP contribution in [0.1, 0.15) is 75.7 Å². The van der Waals surface area contributed by atoms with Crippen LogP contribution in [0.5, 0.6) is 0 Å². The van der Waals surface area contributed by atoms with Crippen LogP contribution in [0, 0.1) is 0 Å². The molecule has 0 aromatic carbocycles. The van der Waals surface area contributed by atoms with Gasteiger partial charge in [-0.3, -0.25) is 9.78 Å². The maximum Gasteiger partial charge on any atom is 0.337 e. The van der Waals surface area contributed by atoms with Gasteiger partial charge in [-0.1, -0.05) is 27.7 Å². The van der Waals surface area contributed by atoms with Crippen LogP contribution in [-0.4, -0.2) is 21.8 Å². The maximum atomic E-state index is 12.5. The Balaban J connectivity index is 2.20. The van der Waals surface area contributed by atoms with Crippen LogP contribution in [0.4, 0.5) is 0 Å². The van der Waals surface area contributed by atoms with E-state index in [-0.39, 0.29) is 17.8 Å². The van der Waals surface area contributed by atoms with E-state index in [1.54, 1.807) is 17.4 Å². The van der Waals surface area contributed by atoms with Gasteiger partial charge in [0.2, 0.25) is 0 Å². The molecule has 0 saturated heterocycles. The number of carboxylic acid groups (broad SMARTS) is 1. The highest BCUT2D eigenvalue weighted by Gasteiger charge is 2.19. The quantitative estimate of drug-likeness (QED) is 0.791. The van der Waals surface area contributed by atoms with Crippen molar-refractivity contribution in [2.45, 2.75) is 46.0 Å². The van der Waals surface area contributed by atoms with Crippen molar-refractivity contribution < 1.29 is 14.7 Å². The van der Waals surface area contributed by atoms with Gasteiger partial charge in [0.1, 0.15) is 0 Å². The third kappa shape index (κ3) is 4.05. The average molecular weight is 331 g/mol. The van der Waals surface area contributed by atoms with Crippen LogP contribution in [0.15, 0.2) is 24.4 Å². The van der Waals surface area contributed by atoms with Gasteiger partial charge in [-0.25, -0.2) is 4.79 Å². The zero-order valence-electron chi connectivity index (χ0n) is 13.8. The van der Waals surface area contributed by atoms with Crippen molar-refractivity contribution in [1.29, 1.82) is 0 Å². The molecule has 1 N–H and O–H groups in total. The normalized spacial score (nSPS) is 11.2. The lowest BCUT2D eigenvalue weighted by molar-refractivity contribution is 0.0696. The van der Waals surface area contributed by atoms with Gasteiger partial charge >= 0.3 is 5.97 Å². The molecule has 0 aliphatic heterocycles. The zero-order chi connectivity index (χ0) is 17.1. The minimum atomic E-state index is -1.02. The minimum Gasteiger partial charge on any atom is -0.478 e. The lowest BCUT2D eigenvalue weighted by Gasteiger charge is -2.08. The maximum absolute atomic E-state index is 12.5.